The second-order valence-corrected chi connectivity index (χ2v) is 4.71. The smallest absolute Gasteiger partial charge is 0.0130 e. The molecule has 1 aliphatic carbocycles. The highest BCUT2D eigenvalue weighted by molar-refractivity contribution is 5.24. The van der Waals surface area contributed by atoms with Gasteiger partial charge < -0.3 is 0 Å². The van der Waals surface area contributed by atoms with Crippen molar-refractivity contribution in [2.75, 3.05) is 0 Å². The molecule has 15 heavy (non-hydrogen) atoms. The van der Waals surface area contributed by atoms with E-state index in [1.165, 1.54) is 51.4 Å². The van der Waals surface area contributed by atoms with Gasteiger partial charge in [0.25, 0.3) is 0 Å². The summed E-state index contributed by atoms with van der Waals surface area (Å²) in [7, 11) is 0. The SMILES string of the molecule is CCCCCC(CCCC)C1=CC=CC1. The molecular formula is C15H26. The lowest BCUT2D eigenvalue weighted by molar-refractivity contribution is 0.464. The van der Waals surface area contributed by atoms with E-state index in [0.717, 1.165) is 5.92 Å². The largest absolute Gasteiger partial charge is 0.0805 e. The number of rotatable bonds is 8. The van der Waals surface area contributed by atoms with Gasteiger partial charge in [-0.2, -0.15) is 0 Å². The van der Waals surface area contributed by atoms with Gasteiger partial charge in [0.2, 0.25) is 0 Å². The molecule has 0 heterocycles. The molecule has 0 bridgehead atoms. The first-order valence-electron chi connectivity index (χ1n) is 6.74. The summed E-state index contributed by atoms with van der Waals surface area (Å²) in [6, 6.07) is 0. The molecule has 0 aromatic rings. The van der Waals surface area contributed by atoms with Gasteiger partial charge in [0.05, 0.1) is 0 Å². The van der Waals surface area contributed by atoms with Crippen LogP contribution in [0.1, 0.15) is 65.2 Å². The summed E-state index contributed by atoms with van der Waals surface area (Å²) >= 11 is 0. The monoisotopic (exact) mass is 206 g/mol. The minimum absolute atomic E-state index is 0.881. The molecule has 1 rings (SSSR count). The number of hydrogen-bond donors (Lipinski definition) is 0. The molecule has 1 aliphatic rings. The Morgan fingerprint density at radius 3 is 2.40 bits per heavy atom. The molecule has 1 unspecified atom stereocenters. The predicted octanol–water partition coefficient (Wildman–Crippen LogP) is 5.26. The molecule has 0 amide bonds. The zero-order chi connectivity index (χ0) is 10.9. The van der Waals surface area contributed by atoms with Crippen LogP contribution in [0.15, 0.2) is 23.8 Å². The van der Waals surface area contributed by atoms with Gasteiger partial charge in [-0.25, -0.2) is 0 Å². The average Bonchev–Trinajstić information content (AvgIpc) is 2.76. The van der Waals surface area contributed by atoms with Crippen molar-refractivity contribution in [2.24, 2.45) is 5.92 Å². The molecule has 0 spiro atoms. The first-order valence-corrected chi connectivity index (χ1v) is 6.74. The van der Waals surface area contributed by atoms with Gasteiger partial charge in [-0.1, -0.05) is 69.8 Å². The topological polar surface area (TPSA) is 0 Å². The van der Waals surface area contributed by atoms with Crippen molar-refractivity contribution in [3.63, 3.8) is 0 Å². The van der Waals surface area contributed by atoms with E-state index < -0.39 is 0 Å². The summed E-state index contributed by atoms with van der Waals surface area (Å²) in [5, 5.41) is 0. The normalized spacial score (nSPS) is 16.8. The van der Waals surface area contributed by atoms with Crippen LogP contribution < -0.4 is 0 Å². The summed E-state index contributed by atoms with van der Waals surface area (Å²) in [5.41, 5.74) is 1.69. The van der Waals surface area contributed by atoms with E-state index in [1.807, 2.05) is 0 Å². The molecule has 0 nitrogen and oxygen atoms in total. The average molecular weight is 206 g/mol. The third kappa shape index (κ3) is 4.68. The Morgan fingerprint density at radius 2 is 1.80 bits per heavy atom. The summed E-state index contributed by atoms with van der Waals surface area (Å²) in [5.74, 6) is 0.881. The van der Waals surface area contributed by atoms with Crippen molar-refractivity contribution < 1.29 is 0 Å². The minimum Gasteiger partial charge on any atom is -0.0805 e. The molecule has 0 aromatic carbocycles. The van der Waals surface area contributed by atoms with Crippen LogP contribution >= 0.6 is 0 Å². The third-order valence-electron chi connectivity index (χ3n) is 3.39. The van der Waals surface area contributed by atoms with E-state index in [4.69, 9.17) is 0 Å². The molecule has 1 atom stereocenters. The van der Waals surface area contributed by atoms with Crippen LogP contribution in [0.5, 0.6) is 0 Å². The Hall–Kier alpha value is -0.520. The van der Waals surface area contributed by atoms with Gasteiger partial charge in [-0.3, -0.25) is 0 Å². The molecule has 0 saturated heterocycles. The molecule has 86 valence electrons. The zero-order valence-electron chi connectivity index (χ0n) is 10.5. The second kappa shape index (κ2) is 7.73. The lowest BCUT2D eigenvalue weighted by atomic mass is 9.88. The Morgan fingerprint density at radius 1 is 1.07 bits per heavy atom. The van der Waals surface area contributed by atoms with E-state index in [-0.39, 0.29) is 0 Å². The van der Waals surface area contributed by atoms with Gasteiger partial charge in [-0.05, 0) is 25.2 Å². The maximum absolute atomic E-state index is 2.35. The molecule has 0 aromatic heterocycles. The highest BCUT2D eigenvalue weighted by atomic mass is 14.2. The molecule has 0 radical (unpaired) electrons. The van der Waals surface area contributed by atoms with Crippen molar-refractivity contribution in [3.8, 4) is 0 Å². The fraction of sp³-hybridized carbons (Fsp3) is 0.733. The zero-order valence-corrected chi connectivity index (χ0v) is 10.5. The number of allylic oxidation sites excluding steroid dienone is 4. The summed E-state index contributed by atoms with van der Waals surface area (Å²) in [6.45, 7) is 4.59. The number of unbranched alkanes of at least 4 members (excludes halogenated alkanes) is 3. The molecule has 0 heteroatoms. The van der Waals surface area contributed by atoms with E-state index in [0.29, 0.717) is 0 Å². The van der Waals surface area contributed by atoms with Crippen LogP contribution in [0.3, 0.4) is 0 Å². The molecule has 0 N–H and O–H groups in total. The first kappa shape index (κ1) is 12.5. The highest BCUT2D eigenvalue weighted by Crippen LogP contribution is 2.29. The highest BCUT2D eigenvalue weighted by Gasteiger charge is 2.13. The third-order valence-corrected chi connectivity index (χ3v) is 3.39. The van der Waals surface area contributed by atoms with E-state index in [2.05, 4.69) is 32.1 Å². The fourth-order valence-corrected chi connectivity index (χ4v) is 2.37. The van der Waals surface area contributed by atoms with Crippen LogP contribution in [-0.4, -0.2) is 0 Å². The molecule has 0 aliphatic heterocycles. The summed E-state index contributed by atoms with van der Waals surface area (Å²) in [6.07, 6.45) is 17.8. The van der Waals surface area contributed by atoms with Crippen molar-refractivity contribution >= 4 is 0 Å². The maximum atomic E-state index is 2.35. The van der Waals surface area contributed by atoms with Crippen LogP contribution in [0.4, 0.5) is 0 Å². The molecule has 0 saturated carbocycles. The van der Waals surface area contributed by atoms with Crippen LogP contribution in [0, 0.1) is 5.92 Å². The van der Waals surface area contributed by atoms with Gasteiger partial charge in [-0.15, -0.1) is 0 Å². The predicted molar refractivity (Wildman–Crippen MR) is 69.0 cm³/mol. The first-order chi connectivity index (χ1) is 7.38. The van der Waals surface area contributed by atoms with Gasteiger partial charge in [0.1, 0.15) is 0 Å². The van der Waals surface area contributed by atoms with E-state index in [1.54, 1.807) is 5.57 Å². The van der Waals surface area contributed by atoms with Gasteiger partial charge in [0, 0.05) is 0 Å². The lowest BCUT2D eigenvalue weighted by Gasteiger charge is -2.18. The Kier molecular flexibility index (Phi) is 6.47. The second-order valence-electron chi connectivity index (χ2n) is 4.71. The van der Waals surface area contributed by atoms with E-state index >= 15 is 0 Å². The maximum Gasteiger partial charge on any atom is -0.0130 e. The van der Waals surface area contributed by atoms with Gasteiger partial charge >= 0.3 is 0 Å². The lowest BCUT2D eigenvalue weighted by Crippen LogP contribution is -2.03. The van der Waals surface area contributed by atoms with Gasteiger partial charge in [0.15, 0.2) is 0 Å². The minimum atomic E-state index is 0.881. The fourth-order valence-electron chi connectivity index (χ4n) is 2.37. The van der Waals surface area contributed by atoms with Crippen molar-refractivity contribution in [1.82, 2.24) is 0 Å². The van der Waals surface area contributed by atoms with E-state index in [9.17, 15) is 0 Å². The van der Waals surface area contributed by atoms with Crippen molar-refractivity contribution in [2.45, 2.75) is 65.2 Å². The van der Waals surface area contributed by atoms with Crippen molar-refractivity contribution in [3.05, 3.63) is 23.8 Å². The molecule has 0 fully saturated rings. The summed E-state index contributed by atoms with van der Waals surface area (Å²) in [4.78, 5) is 0. The van der Waals surface area contributed by atoms with Crippen LogP contribution in [-0.2, 0) is 0 Å². The Bertz CT molecular complexity index is 210. The standard InChI is InChI=1S/C15H26/c1-3-5-7-11-14(10-6-4-2)15-12-8-9-13-15/h8-9,12,14H,3-7,10-11,13H2,1-2H3. The Balaban J connectivity index is 2.31. The Labute approximate surface area is 95.5 Å². The molecular weight excluding hydrogens is 180 g/mol. The van der Waals surface area contributed by atoms with Crippen LogP contribution in [0.25, 0.3) is 0 Å². The van der Waals surface area contributed by atoms with Crippen molar-refractivity contribution in [1.29, 1.82) is 0 Å². The quantitative estimate of drug-likeness (QED) is 0.475. The van der Waals surface area contributed by atoms with Crippen LogP contribution in [0.2, 0.25) is 0 Å². The summed E-state index contributed by atoms with van der Waals surface area (Å²) < 4.78 is 0. The number of hydrogen-bond acceptors (Lipinski definition) is 0.